The summed E-state index contributed by atoms with van der Waals surface area (Å²) in [5.74, 6) is 0.210. The van der Waals surface area contributed by atoms with Crippen molar-refractivity contribution >= 4 is 40.5 Å². The highest BCUT2D eigenvalue weighted by Crippen LogP contribution is 2.16. The zero-order valence-electron chi connectivity index (χ0n) is 18.0. The van der Waals surface area contributed by atoms with Gasteiger partial charge in [0.1, 0.15) is 12.4 Å². The van der Waals surface area contributed by atoms with Gasteiger partial charge in [0.25, 0.3) is 11.8 Å². The molecular weight excluding hydrogens is 450 g/mol. The van der Waals surface area contributed by atoms with E-state index < -0.39 is 0 Å². The van der Waals surface area contributed by atoms with Gasteiger partial charge in [0.2, 0.25) is 0 Å². The van der Waals surface area contributed by atoms with Gasteiger partial charge in [-0.1, -0.05) is 30.3 Å². The van der Waals surface area contributed by atoms with Gasteiger partial charge in [-0.05, 0) is 78.4 Å². The molecule has 0 atom stereocenters. The third kappa shape index (κ3) is 6.30. The number of furan rings is 1. The normalized spacial score (nSPS) is 10.2. The van der Waals surface area contributed by atoms with Crippen LogP contribution in [0.15, 0.2) is 102 Å². The number of carbonyl (C=O) groups is 2. The summed E-state index contributed by atoms with van der Waals surface area (Å²) in [4.78, 5) is 24.5. The molecule has 8 heteroatoms. The number of amides is 2. The first-order valence-corrected chi connectivity index (χ1v) is 10.8. The van der Waals surface area contributed by atoms with Crippen LogP contribution in [-0.2, 0) is 6.61 Å². The fraction of sp³-hybridized carbons (Fsp3) is 0.0385. The average Bonchev–Trinajstić information content (AvgIpc) is 3.40. The second kappa shape index (κ2) is 10.9. The van der Waals surface area contributed by atoms with Gasteiger partial charge >= 0.3 is 0 Å². The Morgan fingerprint density at radius 3 is 2.09 bits per heavy atom. The lowest BCUT2D eigenvalue weighted by Gasteiger charge is -2.11. The number of anilines is 2. The van der Waals surface area contributed by atoms with Crippen LogP contribution in [0.25, 0.3) is 0 Å². The number of nitrogens with one attached hydrogen (secondary N) is 3. The number of ether oxygens (including phenoxy) is 1. The van der Waals surface area contributed by atoms with Crippen molar-refractivity contribution in [3.8, 4) is 5.75 Å². The van der Waals surface area contributed by atoms with E-state index in [9.17, 15) is 9.59 Å². The van der Waals surface area contributed by atoms with Gasteiger partial charge in [0, 0.05) is 16.9 Å². The van der Waals surface area contributed by atoms with E-state index in [-0.39, 0.29) is 22.7 Å². The Hall–Kier alpha value is -4.43. The van der Waals surface area contributed by atoms with Crippen molar-refractivity contribution in [3.63, 3.8) is 0 Å². The smallest absolute Gasteiger partial charge is 0.291 e. The zero-order chi connectivity index (χ0) is 23.8. The van der Waals surface area contributed by atoms with E-state index in [0.29, 0.717) is 29.3 Å². The van der Waals surface area contributed by atoms with Crippen LogP contribution in [0.2, 0.25) is 0 Å². The van der Waals surface area contributed by atoms with Crippen molar-refractivity contribution in [1.82, 2.24) is 5.32 Å². The Morgan fingerprint density at radius 1 is 0.765 bits per heavy atom. The summed E-state index contributed by atoms with van der Waals surface area (Å²) < 4.78 is 10.8. The first-order chi connectivity index (χ1) is 16.6. The van der Waals surface area contributed by atoms with Crippen LogP contribution in [0.3, 0.4) is 0 Å². The fourth-order valence-corrected chi connectivity index (χ4v) is 3.23. The first-order valence-electron chi connectivity index (χ1n) is 10.4. The summed E-state index contributed by atoms with van der Waals surface area (Å²) in [6, 6.07) is 26.8. The lowest BCUT2D eigenvalue weighted by Crippen LogP contribution is -2.34. The molecule has 0 spiro atoms. The van der Waals surface area contributed by atoms with E-state index in [1.807, 2.05) is 30.3 Å². The van der Waals surface area contributed by atoms with Crippen LogP contribution >= 0.6 is 12.2 Å². The zero-order valence-corrected chi connectivity index (χ0v) is 18.8. The predicted molar refractivity (Wildman–Crippen MR) is 134 cm³/mol. The van der Waals surface area contributed by atoms with E-state index >= 15 is 0 Å². The minimum Gasteiger partial charge on any atom is -0.489 e. The van der Waals surface area contributed by atoms with Crippen LogP contribution in [0, 0.1) is 0 Å². The standard InChI is InChI=1S/C26H21N3O4S/c30-24(19-8-14-22(15-9-19)33-17-18-5-2-1-3-6-18)29-26(34)28-21-12-10-20(11-13-21)27-25(31)23-7-4-16-32-23/h1-16H,17H2,(H,27,31)(H2,28,29,30,34). The molecule has 3 N–H and O–H groups in total. The molecule has 1 heterocycles. The number of thiocarbonyl (C=S) groups is 1. The topological polar surface area (TPSA) is 92.6 Å². The number of carbonyl (C=O) groups excluding carboxylic acids is 2. The SMILES string of the molecule is O=C(NC(=S)Nc1ccc(NC(=O)c2ccco2)cc1)c1ccc(OCc2ccccc2)cc1. The summed E-state index contributed by atoms with van der Waals surface area (Å²) in [5.41, 5.74) is 2.77. The summed E-state index contributed by atoms with van der Waals surface area (Å²) >= 11 is 5.24. The fourth-order valence-electron chi connectivity index (χ4n) is 3.02. The van der Waals surface area contributed by atoms with Crippen LogP contribution in [-0.4, -0.2) is 16.9 Å². The van der Waals surface area contributed by atoms with Crippen molar-refractivity contribution in [3.05, 3.63) is 114 Å². The van der Waals surface area contributed by atoms with Crippen molar-refractivity contribution in [2.45, 2.75) is 6.61 Å². The van der Waals surface area contributed by atoms with Crippen molar-refractivity contribution in [2.75, 3.05) is 10.6 Å². The van der Waals surface area contributed by atoms with Crippen LogP contribution < -0.4 is 20.7 Å². The molecule has 0 saturated heterocycles. The van der Waals surface area contributed by atoms with Gasteiger partial charge in [-0.2, -0.15) is 0 Å². The molecule has 170 valence electrons. The van der Waals surface area contributed by atoms with Crippen LogP contribution in [0.5, 0.6) is 5.75 Å². The third-order valence-corrected chi connectivity index (χ3v) is 4.94. The molecule has 0 aliphatic rings. The highest BCUT2D eigenvalue weighted by atomic mass is 32.1. The van der Waals surface area contributed by atoms with Gasteiger partial charge < -0.3 is 19.8 Å². The molecule has 0 saturated carbocycles. The monoisotopic (exact) mass is 471 g/mol. The highest BCUT2D eigenvalue weighted by molar-refractivity contribution is 7.80. The molecule has 4 rings (SSSR count). The molecule has 1 aromatic heterocycles. The van der Waals surface area contributed by atoms with Gasteiger partial charge in [-0.3, -0.25) is 14.9 Å². The number of benzene rings is 3. The lowest BCUT2D eigenvalue weighted by molar-refractivity contribution is 0.0975. The van der Waals surface area contributed by atoms with Gasteiger partial charge in [-0.15, -0.1) is 0 Å². The Kier molecular flexibility index (Phi) is 7.32. The molecule has 0 bridgehead atoms. The quantitative estimate of drug-likeness (QED) is 0.319. The summed E-state index contributed by atoms with van der Waals surface area (Å²) in [6.45, 7) is 0.450. The maximum atomic E-state index is 12.5. The average molecular weight is 472 g/mol. The van der Waals surface area contributed by atoms with Crippen molar-refractivity contribution < 1.29 is 18.7 Å². The summed E-state index contributed by atoms with van der Waals surface area (Å²) in [7, 11) is 0. The second-order valence-corrected chi connectivity index (χ2v) is 7.62. The van der Waals surface area contributed by atoms with Gasteiger partial charge in [0.15, 0.2) is 10.9 Å². The summed E-state index contributed by atoms with van der Waals surface area (Å²) in [5, 5.41) is 8.47. The maximum Gasteiger partial charge on any atom is 0.291 e. The Labute approximate surface area is 201 Å². The third-order valence-electron chi connectivity index (χ3n) is 4.74. The van der Waals surface area contributed by atoms with E-state index in [4.69, 9.17) is 21.4 Å². The van der Waals surface area contributed by atoms with Crippen molar-refractivity contribution in [1.29, 1.82) is 0 Å². The van der Waals surface area contributed by atoms with Crippen molar-refractivity contribution in [2.24, 2.45) is 0 Å². The predicted octanol–water partition coefficient (Wildman–Crippen LogP) is 5.24. The Balaban J connectivity index is 1.25. The van der Waals surface area contributed by atoms with Gasteiger partial charge in [0.05, 0.1) is 6.26 Å². The molecule has 7 nitrogen and oxygen atoms in total. The maximum absolute atomic E-state index is 12.5. The molecule has 0 fully saturated rings. The van der Waals surface area contributed by atoms with Crippen LogP contribution in [0.1, 0.15) is 26.5 Å². The lowest BCUT2D eigenvalue weighted by atomic mass is 10.2. The van der Waals surface area contributed by atoms with E-state index in [0.717, 1.165) is 5.56 Å². The highest BCUT2D eigenvalue weighted by Gasteiger charge is 2.10. The molecule has 0 radical (unpaired) electrons. The minimum atomic E-state index is -0.343. The largest absolute Gasteiger partial charge is 0.489 e. The Morgan fingerprint density at radius 2 is 1.44 bits per heavy atom. The molecule has 34 heavy (non-hydrogen) atoms. The number of hydrogen-bond acceptors (Lipinski definition) is 5. The molecule has 0 aliphatic heterocycles. The molecule has 2 amide bonds. The van der Waals surface area contributed by atoms with Gasteiger partial charge in [-0.25, -0.2) is 0 Å². The van der Waals surface area contributed by atoms with Crippen LogP contribution in [0.4, 0.5) is 11.4 Å². The van der Waals surface area contributed by atoms with E-state index in [1.165, 1.54) is 6.26 Å². The van der Waals surface area contributed by atoms with E-state index in [2.05, 4.69) is 16.0 Å². The molecule has 3 aromatic carbocycles. The molecule has 0 aliphatic carbocycles. The van der Waals surface area contributed by atoms with E-state index in [1.54, 1.807) is 60.7 Å². The number of hydrogen-bond donors (Lipinski definition) is 3. The molecular formula is C26H21N3O4S. The minimum absolute atomic E-state index is 0.154. The second-order valence-electron chi connectivity index (χ2n) is 7.22. The number of rotatable bonds is 7. The molecule has 0 unspecified atom stereocenters. The summed E-state index contributed by atoms with van der Waals surface area (Å²) in [6.07, 6.45) is 1.44. The Bertz CT molecular complexity index is 1260. The first kappa shape index (κ1) is 22.8. The molecule has 4 aromatic rings.